The lowest BCUT2D eigenvalue weighted by Gasteiger charge is -2.16. The summed E-state index contributed by atoms with van der Waals surface area (Å²) in [6.07, 6.45) is 4.97. The van der Waals surface area contributed by atoms with E-state index in [1.54, 1.807) is 0 Å². The fourth-order valence-electron chi connectivity index (χ4n) is 2.19. The molecular weight excluding hydrogens is 258 g/mol. The summed E-state index contributed by atoms with van der Waals surface area (Å²) in [4.78, 5) is 0. The lowest BCUT2D eigenvalue weighted by molar-refractivity contribution is 0.590. The zero-order valence-corrected chi connectivity index (χ0v) is 12.4. The molecule has 2 aromatic rings. The Morgan fingerprint density at radius 3 is 2.79 bits per heavy atom. The van der Waals surface area contributed by atoms with Gasteiger partial charge in [-0.25, -0.2) is 0 Å². The third-order valence-corrected chi connectivity index (χ3v) is 3.81. The fourth-order valence-corrected chi connectivity index (χ4v) is 2.31. The molecule has 0 aliphatic heterocycles. The number of hydrogen-bond acceptors (Lipinski definition) is 2. The topological polar surface area (TPSA) is 29.9 Å². The molecule has 0 saturated heterocycles. The number of halogens is 1. The molecule has 1 aromatic carbocycles. The number of nitrogens with zero attached hydrogens (tertiary/aromatic N) is 2. The molecule has 0 aliphatic carbocycles. The molecule has 1 heterocycles. The van der Waals surface area contributed by atoms with Gasteiger partial charge in [-0.2, -0.15) is 5.10 Å². The van der Waals surface area contributed by atoms with Gasteiger partial charge in [0.05, 0.1) is 6.20 Å². The quantitative estimate of drug-likeness (QED) is 0.908. The molecule has 0 spiro atoms. The molecule has 1 aromatic heterocycles. The molecule has 19 heavy (non-hydrogen) atoms. The van der Waals surface area contributed by atoms with Crippen molar-refractivity contribution in [3.05, 3.63) is 52.3 Å². The molecule has 1 atom stereocenters. The van der Waals surface area contributed by atoms with Crippen molar-refractivity contribution in [1.82, 2.24) is 15.1 Å². The number of aromatic nitrogens is 2. The number of rotatable bonds is 5. The van der Waals surface area contributed by atoms with Crippen LogP contribution in [0.25, 0.3) is 0 Å². The van der Waals surface area contributed by atoms with Crippen molar-refractivity contribution in [2.75, 3.05) is 7.05 Å². The minimum absolute atomic E-state index is 0.283. The van der Waals surface area contributed by atoms with Crippen molar-refractivity contribution in [3.63, 3.8) is 0 Å². The molecule has 102 valence electrons. The highest BCUT2D eigenvalue weighted by atomic mass is 35.5. The smallest absolute Gasteiger partial charge is 0.0522 e. The van der Waals surface area contributed by atoms with Crippen LogP contribution >= 0.6 is 11.6 Å². The van der Waals surface area contributed by atoms with E-state index in [2.05, 4.69) is 35.7 Å². The average molecular weight is 278 g/mol. The van der Waals surface area contributed by atoms with Gasteiger partial charge in [-0.3, -0.25) is 4.68 Å². The number of hydrogen-bond donors (Lipinski definition) is 1. The van der Waals surface area contributed by atoms with Gasteiger partial charge in [0.1, 0.15) is 0 Å². The van der Waals surface area contributed by atoms with Gasteiger partial charge in [0.25, 0.3) is 0 Å². The second kappa shape index (κ2) is 6.22. The fraction of sp³-hybridized carbons (Fsp3) is 0.400. The number of aryl methyl sites for hydroxylation is 2. The highest BCUT2D eigenvalue weighted by molar-refractivity contribution is 6.31. The Kier molecular flexibility index (Phi) is 4.61. The SMILES string of the molecule is CCn1cc(CC(NC)c2ccc(Cl)c(C)c2)cn1. The summed E-state index contributed by atoms with van der Waals surface area (Å²) in [7, 11) is 1.98. The number of likely N-dealkylation sites (N-methyl/N-ethyl adjacent to an activating group) is 1. The molecule has 0 radical (unpaired) electrons. The van der Waals surface area contributed by atoms with Gasteiger partial charge in [-0.05, 0) is 50.1 Å². The first-order chi connectivity index (χ1) is 9.13. The molecule has 0 amide bonds. The predicted octanol–water partition coefficient (Wildman–Crippen LogP) is 3.37. The van der Waals surface area contributed by atoms with Crippen LogP contribution in [-0.4, -0.2) is 16.8 Å². The summed E-state index contributed by atoms with van der Waals surface area (Å²) in [5, 5.41) is 8.49. The zero-order chi connectivity index (χ0) is 13.8. The third-order valence-electron chi connectivity index (χ3n) is 3.38. The molecule has 0 bridgehead atoms. The Morgan fingerprint density at radius 1 is 1.42 bits per heavy atom. The summed E-state index contributed by atoms with van der Waals surface area (Å²) in [5.74, 6) is 0. The van der Waals surface area contributed by atoms with Crippen molar-refractivity contribution < 1.29 is 0 Å². The zero-order valence-electron chi connectivity index (χ0n) is 11.7. The monoisotopic (exact) mass is 277 g/mol. The summed E-state index contributed by atoms with van der Waals surface area (Å²) < 4.78 is 1.95. The van der Waals surface area contributed by atoms with E-state index >= 15 is 0 Å². The second-order valence-corrected chi connectivity index (χ2v) is 5.17. The van der Waals surface area contributed by atoms with Crippen LogP contribution in [0.3, 0.4) is 0 Å². The average Bonchev–Trinajstić information content (AvgIpc) is 2.87. The highest BCUT2D eigenvalue weighted by Crippen LogP contribution is 2.23. The molecule has 0 saturated carbocycles. The molecule has 4 heteroatoms. The van der Waals surface area contributed by atoms with E-state index in [4.69, 9.17) is 11.6 Å². The lowest BCUT2D eigenvalue weighted by atomic mass is 9.99. The van der Waals surface area contributed by atoms with Crippen LogP contribution in [0.2, 0.25) is 5.02 Å². The minimum Gasteiger partial charge on any atom is -0.313 e. The van der Waals surface area contributed by atoms with Crippen molar-refractivity contribution in [2.45, 2.75) is 32.9 Å². The maximum atomic E-state index is 6.08. The van der Waals surface area contributed by atoms with Gasteiger partial charge in [0.15, 0.2) is 0 Å². The standard InChI is InChI=1S/C15H20ClN3/c1-4-19-10-12(9-18-19)8-15(17-3)13-5-6-14(16)11(2)7-13/h5-7,9-10,15,17H,4,8H2,1-3H3. The summed E-state index contributed by atoms with van der Waals surface area (Å²) in [6, 6.07) is 6.48. The largest absolute Gasteiger partial charge is 0.313 e. The van der Waals surface area contributed by atoms with Crippen LogP contribution in [0.5, 0.6) is 0 Å². The first-order valence-electron chi connectivity index (χ1n) is 6.58. The molecule has 1 unspecified atom stereocenters. The van der Waals surface area contributed by atoms with Gasteiger partial charge in [-0.15, -0.1) is 0 Å². The Labute approximate surface area is 119 Å². The summed E-state index contributed by atoms with van der Waals surface area (Å²) in [6.45, 7) is 5.03. The Hall–Kier alpha value is -1.32. The second-order valence-electron chi connectivity index (χ2n) is 4.76. The third kappa shape index (κ3) is 3.37. The Bertz CT molecular complexity index is 548. The Morgan fingerprint density at radius 2 is 2.21 bits per heavy atom. The number of benzene rings is 1. The summed E-state index contributed by atoms with van der Waals surface area (Å²) >= 11 is 6.08. The maximum Gasteiger partial charge on any atom is 0.0522 e. The van der Waals surface area contributed by atoms with Crippen molar-refractivity contribution >= 4 is 11.6 Å². The van der Waals surface area contributed by atoms with Crippen LogP contribution in [0.4, 0.5) is 0 Å². The first-order valence-corrected chi connectivity index (χ1v) is 6.96. The Balaban J connectivity index is 2.17. The van der Waals surface area contributed by atoms with Crippen LogP contribution in [0.15, 0.2) is 30.6 Å². The van der Waals surface area contributed by atoms with Gasteiger partial charge in [-0.1, -0.05) is 23.7 Å². The van der Waals surface area contributed by atoms with Crippen molar-refractivity contribution in [2.24, 2.45) is 0 Å². The van der Waals surface area contributed by atoms with E-state index in [0.717, 1.165) is 23.6 Å². The van der Waals surface area contributed by atoms with E-state index in [1.165, 1.54) is 11.1 Å². The van der Waals surface area contributed by atoms with Gasteiger partial charge >= 0.3 is 0 Å². The van der Waals surface area contributed by atoms with Gasteiger partial charge < -0.3 is 5.32 Å². The molecule has 2 rings (SSSR count). The minimum atomic E-state index is 0.283. The predicted molar refractivity (Wildman–Crippen MR) is 79.6 cm³/mol. The van der Waals surface area contributed by atoms with Crippen LogP contribution in [0.1, 0.15) is 29.7 Å². The van der Waals surface area contributed by atoms with Crippen LogP contribution in [-0.2, 0) is 13.0 Å². The summed E-state index contributed by atoms with van der Waals surface area (Å²) in [5.41, 5.74) is 3.62. The van der Waals surface area contributed by atoms with E-state index in [-0.39, 0.29) is 6.04 Å². The molecular formula is C15H20ClN3. The normalized spacial score (nSPS) is 12.6. The molecule has 0 aliphatic rings. The highest BCUT2D eigenvalue weighted by Gasteiger charge is 2.12. The van der Waals surface area contributed by atoms with Crippen LogP contribution in [0, 0.1) is 6.92 Å². The van der Waals surface area contributed by atoms with Crippen molar-refractivity contribution in [3.8, 4) is 0 Å². The molecule has 3 nitrogen and oxygen atoms in total. The van der Waals surface area contributed by atoms with E-state index in [0.29, 0.717) is 0 Å². The van der Waals surface area contributed by atoms with Crippen LogP contribution < -0.4 is 5.32 Å². The maximum absolute atomic E-state index is 6.08. The molecule has 0 fully saturated rings. The number of nitrogens with one attached hydrogen (secondary N) is 1. The van der Waals surface area contributed by atoms with Gasteiger partial charge in [0, 0.05) is 23.8 Å². The van der Waals surface area contributed by atoms with E-state index in [1.807, 2.05) is 30.9 Å². The lowest BCUT2D eigenvalue weighted by Crippen LogP contribution is -2.18. The first kappa shape index (κ1) is 14.1. The molecule has 1 N–H and O–H groups in total. The van der Waals surface area contributed by atoms with E-state index < -0.39 is 0 Å². The van der Waals surface area contributed by atoms with Gasteiger partial charge in [0.2, 0.25) is 0 Å². The van der Waals surface area contributed by atoms with Crippen molar-refractivity contribution in [1.29, 1.82) is 0 Å². The van der Waals surface area contributed by atoms with E-state index in [9.17, 15) is 0 Å².